The first-order valence-electron chi connectivity index (χ1n) is 10.4. The fraction of sp³-hybridized carbons (Fsp3) is 0.231. The number of nitrogens with zero attached hydrogens (tertiary/aromatic N) is 1. The average Bonchev–Trinajstić information content (AvgIpc) is 3.22. The first-order chi connectivity index (χ1) is 15.4. The molecule has 0 aliphatic heterocycles. The van der Waals surface area contributed by atoms with Gasteiger partial charge in [0.15, 0.2) is 17.3 Å². The third-order valence-corrected chi connectivity index (χ3v) is 5.49. The molecular weight excluding hydrogens is 404 g/mol. The molecule has 0 aliphatic rings. The molecule has 0 saturated heterocycles. The molecule has 2 heterocycles. The summed E-state index contributed by atoms with van der Waals surface area (Å²) in [6.07, 6.45) is 0. The number of fused-ring (bicyclic) bond motifs is 1. The van der Waals surface area contributed by atoms with E-state index in [4.69, 9.17) is 18.9 Å². The van der Waals surface area contributed by atoms with Crippen LogP contribution in [0.4, 0.5) is 0 Å². The van der Waals surface area contributed by atoms with Crippen LogP contribution in [0.2, 0.25) is 0 Å². The van der Waals surface area contributed by atoms with E-state index in [1.54, 1.807) is 32.4 Å². The van der Waals surface area contributed by atoms with Crippen molar-refractivity contribution in [2.24, 2.45) is 0 Å². The maximum absolute atomic E-state index is 13.3. The number of carbonyl (C=O) groups excluding carboxylic acids is 1. The number of pyridine rings is 1. The highest BCUT2D eigenvalue weighted by atomic mass is 16.5. The Morgan fingerprint density at radius 3 is 2.38 bits per heavy atom. The molecule has 1 amide bonds. The number of amides is 1. The average molecular weight is 431 g/mol. The largest absolute Gasteiger partial charge is 0.493 e. The second-order valence-corrected chi connectivity index (χ2v) is 7.80. The summed E-state index contributed by atoms with van der Waals surface area (Å²) in [5.74, 6) is 2.25. The maximum Gasteiger partial charge on any atom is 0.252 e. The zero-order valence-corrected chi connectivity index (χ0v) is 18.9. The number of ether oxygens (including phenoxy) is 2. The predicted octanol–water partition coefficient (Wildman–Crippen LogP) is 5.37. The van der Waals surface area contributed by atoms with Crippen molar-refractivity contribution in [3.8, 4) is 23.0 Å². The smallest absolute Gasteiger partial charge is 0.252 e. The number of aryl methyl sites for hydroxylation is 3. The van der Waals surface area contributed by atoms with Crippen LogP contribution in [-0.4, -0.2) is 25.1 Å². The highest BCUT2D eigenvalue weighted by molar-refractivity contribution is 6.07. The van der Waals surface area contributed by atoms with E-state index in [0.29, 0.717) is 46.0 Å². The van der Waals surface area contributed by atoms with E-state index in [1.165, 1.54) is 5.56 Å². The molecule has 0 saturated carbocycles. The van der Waals surface area contributed by atoms with Crippen molar-refractivity contribution in [2.75, 3.05) is 14.2 Å². The van der Waals surface area contributed by atoms with Gasteiger partial charge in [0.25, 0.3) is 5.91 Å². The van der Waals surface area contributed by atoms with E-state index in [-0.39, 0.29) is 5.91 Å². The number of aromatic nitrogens is 1. The summed E-state index contributed by atoms with van der Waals surface area (Å²) in [6, 6.07) is 15.2. The minimum atomic E-state index is -0.200. The molecule has 2 aromatic carbocycles. The Morgan fingerprint density at radius 1 is 0.969 bits per heavy atom. The van der Waals surface area contributed by atoms with Crippen molar-refractivity contribution in [1.82, 2.24) is 10.3 Å². The van der Waals surface area contributed by atoms with Gasteiger partial charge in [-0.1, -0.05) is 23.8 Å². The molecule has 0 unspecified atom stereocenters. The molecule has 0 aliphatic carbocycles. The molecule has 4 aromatic rings. The van der Waals surface area contributed by atoms with Crippen LogP contribution in [0, 0.1) is 20.8 Å². The Balaban J connectivity index is 1.78. The highest BCUT2D eigenvalue weighted by Gasteiger charge is 2.18. The third kappa shape index (κ3) is 4.17. The topological polar surface area (TPSA) is 73.6 Å². The molecule has 0 bridgehead atoms. The fourth-order valence-electron chi connectivity index (χ4n) is 3.75. The summed E-state index contributed by atoms with van der Waals surface area (Å²) in [6.45, 7) is 6.40. The van der Waals surface area contributed by atoms with Gasteiger partial charge in [-0.05, 0) is 56.2 Å². The van der Waals surface area contributed by atoms with Crippen molar-refractivity contribution in [1.29, 1.82) is 0 Å². The lowest BCUT2D eigenvalue weighted by Gasteiger charge is -2.14. The first-order valence-corrected chi connectivity index (χ1v) is 10.4. The number of rotatable bonds is 6. The third-order valence-electron chi connectivity index (χ3n) is 5.49. The van der Waals surface area contributed by atoms with Crippen LogP contribution in [0.15, 0.2) is 52.9 Å². The summed E-state index contributed by atoms with van der Waals surface area (Å²) in [7, 11) is 3.14. The van der Waals surface area contributed by atoms with E-state index in [2.05, 4.69) is 18.3 Å². The molecule has 0 fully saturated rings. The van der Waals surface area contributed by atoms with E-state index in [1.807, 2.05) is 38.1 Å². The zero-order valence-electron chi connectivity index (χ0n) is 18.9. The van der Waals surface area contributed by atoms with Crippen molar-refractivity contribution in [2.45, 2.75) is 27.3 Å². The Labute approximate surface area is 187 Å². The Hall–Kier alpha value is -3.80. The molecule has 0 atom stereocenters. The molecule has 1 N–H and O–H groups in total. The predicted molar refractivity (Wildman–Crippen MR) is 124 cm³/mol. The maximum atomic E-state index is 13.3. The lowest BCUT2D eigenvalue weighted by molar-refractivity contribution is 0.0952. The quantitative estimate of drug-likeness (QED) is 0.445. The van der Waals surface area contributed by atoms with Crippen LogP contribution in [-0.2, 0) is 6.54 Å². The van der Waals surface area contributed by atoms with Gasteiger partial charge in [-0.25, -0.2) is 4.98 Å². The molecule has 164 valence electrons. The van der Waals surface area contributed by atoms with E-state index in [0.717, 1.165) is 16.9 Å². The molecule has 2 aromatic heterocycles. The van der Waals surface area contributed by atoms with Crippen LogP contribution >= 0.6 is 0 Å². The molecular formula is C26H26N2O4. The second-order valence-electron chi connectivity index (χ2n) is 7.80. The minimum absolute atomic E-state index is 0.200. The van der Waals surface area contributed by atoms with Gasteiger partial charge in [0.1, 0.15) is 11.5 Å². The Bertz CT molecular complexity index is 1310. The number of hydrogen-bond acceptors (Lipinski definition) is 5. The van der Waals surface area contributed by atoms with Gasteiger partial charge in [-0.2, -0.15) is 0 Å². The lowest BCUT2D eigenvalue weighted by Crippen LogP contribution is -2.23. The van der Waals surface area contributed by atoms with Gasteiger partial charge >= 0.3 is 0 Å². The Morgan fingerprint density at radius 2 is 1.72 bits per heavy atom. The van der Waals surface area contributed by atoms with Gasteiger partial charge in [0.05, 0.1) is 25.3 Å². The van der Waals surface area contributed by atoms with Crippen molar-refractivity contribution in [3.63, 3.8) is 0 Å². The Kier molecular flexibility index (Phi) is 5.86. The van der Waals surface area contributed by atoms with Crippen LogP contribution in [0.1, 0.15) is 32.8 Å². The summed E-state index contributed by atoms with van der Waals surface area (Å²) < 4.78 is 16.6. The summed E-state index contributed by atoms with van der Waals surface area (Å²) >= 11 is 0. The second kappa shape index (κ2) is 8.75. The van der Waals surface area contributed by atoms with E-state index >= 15 is 0 Å². The van der Waals surface area contributed by atoms with Gasteiger partial charge in [0, 0.05) is 18.0 Å². The van der Waals surface area contributed by atoms with Gasteiger partial charge in [0.2, 0.25) is 0 Å². The molecule has 4 rings (SSSR count). The molecule has 0 spiro atoms. The number of furan rings is 1. The highest BCUT2D eigenvalue weighted by Crippen LogP contribution is 2.35. The van der Waals surface area contributed by atoms with Gasteiger partial charge in [-0.3, -0.25) is 4.79 Å². The summed E-state index contributed by atoms with van der Waals surface area (Å²) in [4.78, 5) is 18.0. The van der Waals surface area contributed by atoms with Crippen LogP contribution in [0.3, 0.4) is 0 Å². The summed E-state index contributed by atoms with van der Waals surface area (Å²) in [5.41, 5.74) is 5.09. The van der Waals surface area contributed by atoms with Crippen molar-refractivity contribution < 1.29 is 18.7 Å². The number of hydrogen-bond donors (Lipinski definition) is 1. The number of nitrogens with one attached hydrogen (secondary N) is 1. The normalized spacial score (nSPS) is 10.9. The van der Waals surface area contributed by atoms with Crippen LogP contribution in [0.25, 0.3) is 22.4 Å². The SMILES string of the molecule is COc1cc2nc(-c3ccc(C)o3)cc(C(=O)NCc3ccc(C)cc3C)c2cc1OC. The zero-order chi connectivity index (χ0) is 22.8. The molecule has 6 nitrogen and oxygen atoms in total. The standard InChI is InChI=1S/C26H26N2O4/c1-15-6-8-18(16(2)10-15)14-27-26(29)20-11-22(23-9-7-17(3)32-23)28-21-13-25(31-5)24(30-4)12-19(20)21/h6-13H,14H2,1-5H3,(H,27,29). The number of methoxy groups -OCH3 is 2. The van der Waals surface area contributed by atoms with Crippen LogP contribution in [0.5, 0.6) is 11.5 Å². The number of carbonyl (C=O) groups is 1. The number of benzene rings is 2. The molecule has 32 heavy (non-hydrogen) atoms. The molecule has 6 heteroatoms. The fourth-order valence-corrected chi connectivity index (χ4v) is 3.75. The monoisotopic (exact) mass is 430 g/mol. The minimum Gasteiger partial charge on any atom is -0.493 e. The van der Waals surface area contributed by atoms with Gasteiger partial charge in [-0.15, -0.1) is 0 Å². The lowest BCUT2D eigenvalue weighted by atomic mass is 10.0. The molecule has 0 radical (unpaired) electrons. The van der Waals surface area contributed by atoms with E-state index < -0.39 is 0 Å². The van der Waals surface area contributed by atoms with Crippen molar-refractivity contribution >= 4 is 16.8 Å². The van der Waals surface area contributed by atoms with Crippen LogP contribution < -0.4 is 14.8 Å². The van der Waals surface area contributed by atoms with Crippen molar-refractivity contribution in [3.05, 3.63) is 76.5 Å². The van der Waals surface area contributed by atoms with Gasteiger partial charge < -0.3 is 19.2 Å². The summed E-state index contributed by atoms with van der Waals surface area (Å²) in [5, 5.41) is 3.72. The first kappa shape index (κ1) is 21.4. The van der Waals surface area contributed by atoms with E-state index in [9.17, 15) is 4.79 Å².